The SMILES string of the molecule is O=C(O[Si]12OCCN(CCO1)CCO2)c1ccccc1. The predicted molar refractivity (Wildman–Crippen MR) is 71.9 cm³/mol. The highest BCUT2D eigenvalue weighted by Gasteiger charge is 2.52. The summed E-state index contributed by atoms with van der Waals surface area (Å²) in [7, 11) is -3.35. The molecule has 0 spiro atoms. The van der Waals surface area contributed by atoms with E-state index in [1.165, 1.54) is 0 Å². The lowest BCUT2D eigenvalue weighted by atomic mass is 10.2. The third-order valence-electron chi connectivity index (χ3n) is 3.29. The van der Waals surface area contributed by atoms with Crippen molar-refractivity contribution in [3.63, 3.8) is 0 Å². The van der Waals surface area contributed by atoms with Crippen LogP contribution >= 0.6 is 0 Å². The molecule has 0 radical (unpaired) electrons. The third-order valence-corrected chi connectivity index (χ3v) is 5.39. The Bertz CT molecular complexity index is 443. The van der Waals surface area contributed by atoms with E-state index in [4.69, 9.17) is 17.7 Å². The molecular formula is C13H17NO5Si. The first-order chi connectivity index (χ1) is 9.77. The van der Waals surface area contributed by atoms with Crippen molar-refractivity contribution < 1.29 is 22.5 Å². The van der Waals surface area contributed by atoms with Crippen LogP contribution in [-0.4, -0.2) is 59.4 Å². The number of carbonyl (C=O) groups is 1. The maximum absolute atomic E-state index is 12.2. The number of rotatable bonds is 2. The van der Waals surface area contributed by atoms with Gasteiger partial charge in [-0.05, 0) is 12.1 Å². The molecule has 3 saturated heterocycles. The summed E-state index contributed by atoms with van der Waals surface area (Å²) in [4.78, 5) is 14.4. The molecule has 3 heterocycles. The first-order valence-corrected chi connectivity index (χ1v) is 8.33. The Morgan fingerprint density at radius 2 is 1.55 bits per heavy atom. The zero-order valence-corrected chi connectivity index (χ0v) is 12.1. The normalized spacial score (nSPS) is 30.1. The molecule has 0 unspecified atom stereocenters. The average Bonchev–Trinajstić information content (AvgIpc) is 2.41. The molecule has 0 aliphatic carbocycles. The van der Waals surface area contributed by atoms with Gasteiger partial charge in [0, 0.05) is 19.6 Å². The van der Waals surface area contributed by atoms with E-state index in [0.717, 1.165) is 19.6 Å². The molecule has 2 bridgehead atoms. The molecule has 0 aromatic heterocycles. The van der Waals surface area contributed by atoms with Gasteiger partial charge in [0.05, 0.1) is 25.4 Å². The van der Waals surface area contributed by atoms with E-state index in [1.54, 1.807) is 24.3 Å². The highest BCUT2D eigenvalue weighted by Crippen LogP contribution is 2.19. The van der Waals surface area contributed by atoms with Gasteiger partial charge in [-0.3, -0.25) is 4.90 Å². The second-order valence-corrected chi connectivity index (χ2v) is 6.71. The topological polar surface area (TPSA) is 57.2 Å². The second-order valence-electron chi connectivity index (χ2n) is 4.64. The quantitative estimate of drug-likeness (QED) is 0.747. The molecule has 1 aromatic rings. The maximum Gasteiger partial charge on any atom is 0.752 e. The lowest BCUT2D eigenvalue weighted by Crippen LogP contribution is -2.57. The van der Waals surface area contributed by atoms with Crippen LogP contribution in [0, 0.1) is 0 Å². The van der Waals surface area contributed by atoms with Crippen LogP contribution in [0.4, 0.5) is 0 Å². The Balaban J connectivity index is 1.74. The lowest BCUT2D eigenvalue weighted by molar-refractivity contribution is -0.0627. The number of carbonyl (C=O) groups excluding carboxylic acids is 1. The van der Waals surface area contributed by atoms with Gasteiger partial charge in [0.1, 0.15) is 0 Å². The van der Waals surface area contributed by atoms with E-state index in [1.807, 2.05) is 6.07 Å². The minimum atomic E-state index is -3.35. The fraction of sp³-hybridized carbons (Fsp3) is 0.462. The molecule has 1 aromatic carbocycles. The number of benzene rings is 1. The van der Waals surface area contributed by atoms with Gasteiger partial charge in [-0.15, -0.1) is 0 Å². The lowest BCUT2D eigenvalue weighted by Gasteiger charge is -2.35. The first-order valence-electron chi connectivity index (χ1n) is 6.70. The molecule has 7 heteroatoms. The third kappa shape index (κ3) is 3.08. The molecule has 6 nitrogen and oxygen atoms in total. The molecule has 0 atom stereocenters. The van der Waals surface area contributed by atoms with Crippen LogP contribution in [-0.2, 0) is 17.7 Å². The molecule has 3 aliphatic rings. The molecule has 4 rings (SSSR count). The summed E-state index contributed by atoms with van der Waals surface area (Å²) < 4.78 is 22.4. The summed E-state index contributed by atoms with van der Waals surface area (Å²) in [5.74, 6) is -0.463. The molecule has 0 N–H and O–H groups in total. The fourth-order valence-corrected chi connectivity index (χ4v) is 3.99. The van der Waals surface area contributed by atoms with E-state index < -0.39 is 15.0 Å². The van der Waals surface area contributed by atoms with Gasteiger partial charge < -0.3 is 17.7 Å². The summed E-state index contributed by atoms with van der Waals surface area (Å²) in [6.07, 6.45) is 0. The molecule has 3 fully saturated rings. The van der Waals surface area contributed by atoms with Crippen LogP contribution in [0.1, 0.15) is 10.4 Å². The van der Waals surface area contributed by atoms with Crippen LogP contribution in [0.5, 0.6) is 0 Å². The van der Waals surface area contributed by atoms with Crippen LogP contribution < -0.4 is 0 Å². The van der Waals surface area contributed by atoms with Crippen LogP contribution in [0.25, 0.3) is 0 Å². The Morgan fingerprint density at radius 3 is 2.10 bits per heavy atom. The smallest absolute Gasteiger partial charge is 0.448 e. The van der Waals surface area contributed by atoms with Crippen molar-refractivity contribution in [3.8, 4) is 0 Å². The molecule has 108 valence electrons. The monoisotopic (exact) mass is 295 g/mol. The van der Waals surface area contributed by atoms with Gasteiger partial charge in [-0.2, -0.15) is 0 Å². The van der Waals surface area contributed by atoms with Crippen molar-refractivity contribution in [1.82, 2.24) is 4.90 Å². The molecular weight excluding hydrogens is 278 g/mol. The summed E-state index contributed by atoms with van der Waals surface area (Å²) in [5.41, 5.74) is 0.468. The number of fused-ring (bicyclic) bond motifs is 6. The van der Waals surface area contributed by atoms with Crippen molar-refractivity contribution in [2.75, 3.05) is 39.5 Å². The average molecular weight is 295 g/mol. The highest BCUT2D eigenvalue weighted by molar-refractivity contribution is 6.56. The Morgan fingerprint density at radius 1 is 1.00 bits per heavy atom. The van der Waals surface area contributed by atoms with Crippen molar-refractivity contribution in [1.29, 1.82) is 0 Å². The highest BCUT2D eigenvalue weighted by atomic mass is 28.4. The maximum atomic E-state index is 12.2. The van der Waals surface area contributed by atoms with Crippen molar-refractivity contribution >= 4 is 15.0 Å². The summed E-state index contributed by atoms with van der Waals surface area (Å²) >= 11 is 0. The predicted octanol–water partition coefficient (Wildman–Crippen LogP) is 0.658. The summed E-state index contributed by atoms with van der Waals surface area (Å²) in [6.45, 7) is 3.79. The van der Waals surface area contributed by atoms with Gasteiger partial charge in [-0.25, -0.2) is 4.79 Å². The zero-order valence-electron chi connectivity index (χ0n) is 11.1. The number of nitrogens with zero attached hydrogens (tertiary/aromatic N) is 1. The zero-order chi connectivity index (χ0) is 13.8. The van der Waals surface area contributed by atoms with Crippen molar-refractivity contribution in [2.45, 2.75) is 0 Å². The van der Waals surface area contributed by atoms with E-state index >= 15 is 0 Å². The van der Waals surface area contributed by atoms with Gasteiger partial charge in [0.15, 0.2) is 0 Å². The second kappa shape index (κ2) is 6.02. The van der Waals surface area contributed by atoms with E-state index in [-0.39, 0.29) is 0 Å². The molecule has 0 amide bonds. The molecule has 0 saturated carbocycles. The Hall–Kier alpha value is -1.25. The van der Waals surface area contributed by atoms with Gasteiger partial charge in [0.25, 0.3) is 0 Å². The summed E-state index contributed by atoms with van der Waals surface area (Å²) in [6, 6.07) is 8.80. The van der Waals surface area contributed by atoms with Crippen LogP contribution in [0.3, 0.4) is 0 Å². The fourth-order valence-electron chi connectivity index (χ4n) is 2.19. The Labute approximate surface area is 118 Å². The molecule has 20 heavy (non-hydrogen) atoms. The van der Waals surface area contributed by atoms with E-state index in [2.05, 4.69) is 4.90 Å². The van der Waals surface area contributed by atoms with Crippen LogP contribution in [0.15, 0.2) is 30.3 Å². The van der Waals surface area contributed by atoms with E-state index in [0.29, 0.717) is 25.4 Å². The van der Waals surface area contributed by atoms with Gasteiger partial charge in [-0.1, -0.05) is 18.2 Å². The van der Waals surface area contributed by atoms with Gasteiger partial charge in [0.2, 0.25) is 0 Å². The van der Waals surface area contributed by atoms with Crippen molar-refractivity contribution in [3.05, 3.63) is 35.9 Å². The van der Waals surface area contributed by atoms with Crippen molar-refractivity contribution in [2.24, 2.45) is 0 Å². The number of hydrogen-bond donors (Lipinski definition) is 0. The van der Waals surface area contributed by atoms with Gasteiger partial charge >= 0.3 is 15.0 Å². The van der Waals surface area contributed by atoms with E-state index in [9.17, 15) is 4.79 Å². The summed E-state index contributed by atoms with van der Waals surface area (Å²) in [5, 5.41) is 0. The Kier molecular flexibility index (Phi) is 4.13. The van der Waals surface area contributed by atoms with Crippen LogP contribution in [0.2, 0.25) is 0 Å². The molecule has 3 aliphatic heterocycles. The minimum Gasteiger partial charge on any atom is -0.448 e. The standard InChI is InChI=1S/C13H17NO5Si/c15-13(12-4-2-1-3-5-12)19-20-16-9-6-14(7-10-17-20)8-11-18-20/h1-5H,6-11H2. The number of hydrogen-bond acceptors (Lipinski definition) is 6. The largest absolute Gasteiger partial charge is 0.752 e. The first kappa shape index (κ1) is 13.7. The minimum absolute atomic E-state index is 0.453.